The zero-order valence-electron chi connectivity index (χ0n) is 5.76. The van der Waals surface area contributed by atoms with E-state index in [0.717, 1.165) is 0 Å². The molecule has 0 unspecified atom stereocenters. The molecule has 55 valence electrons. The molecule has 0 atom stereocenters. The van der Waals surface area contributed by atoms with Crippen molar-refractivity contribution in [3.8, 4) is 5.75 Å². The lowest BCUT2D eigenvalue weighted by atomic mass is 10.2. The molecule has 11 heavy (non-hydrogen) atoms. The van der Waals surface area contributed by atoms with Gasteiger partial charge in [-0.3, -0.25) is 4.79 Å². The molecule has 1 N–H and O–H groups in total. The van der Waals surface area contributed by atoms with Gasteiger partial charge in [0.05, 0.1) is 5.69 Å². The van der Waals surface area contributed by atoms with Crippen LogP contribution in [0.2, 0.25) is 0 Å². The fraction of sp³-hybridized carbons (Fsp3) is 0.125. The third-order valence-electron chi connectivity index (χ3n) is 1.44. The Bertz CT molecular complexity index is 296. The number of carbonyl (C=O) groups is 1. The molecule has 0 bridgehead atoms. The number of hydrogen-bond acceptors (Lipinski definition) is 2. The first-order valence-electron chi connectivity index (χ1n) is 3.29. The quantitative estimate of drug-likeness (QED) is 0.591. The van der Waals surface area contributed by atoms with Crippen LogP contribution in [0.5, 0.6) is 5.75 Å². The molecular formula is C8H6NO2. The van der Waals surface area contributed by atoms with Gasteiger partial charge < -0.3 is 10.1 Å². The van der Waals surface area contributed by atoms with Gasteiger partial charge >= 0.3 is 0 Å². The van der Waals surface area contributed by atoms with Gasteiger partial charge in [-0.15, -0.1) is 0 Å². The van der Waals surface area contributed by atoms with Crippen molar-refractivity contribution in [3.63, 3.8) is 0 Å². The van der Waals surface area contributed by atoms with Crippen LogP contribution in [0, 0.1) is 6.07 Å². The zero-order valence-corrected chi connectivity index (χ0v) is 5.76. The second-order valence-electron chi connectivity index (χ2n) is 2.25. The number of para-hydroxylation sites is 1. The molecule has 0 saturated carbocycles. The van der Waals surface area contributed by atoms with Crippen molar-refractivity contribution in [1.29, 1.82) is 0 Å². The van der Waals surface area contributed by atoms with E-state index in [1.807, 2.05) is 0 Å². The molecule has 3 nitrogen and oxygen atoms in total. The van der Waals surface area contributed by atoms with E-state index < -0.39 is 0 Å². The van der Waals surface area contributed by atoms with Gasteiger partial charge in [0, 0.05) is 6.07 Å². The van der Waals surface area contributed by atoms with Crippen LogP contribution in [0.15, 0.2) is 18.2 Å². The summed E-state index contributed by atoms with van der Waals surface area (Å²) >= 11 is 0. The zero-order chi connectivity index (χ0) is 7.68. The highest BCUT2D eigenvalue weighted by Crippen LogP contribution is 2.25. The summed E-state index contributed by atoms with van der Waals surface area (Å²) in [6.07, 6.45) is 0. The molecule has 0 saturated heterocycles. The standard InChI is InChI=1S/C8H6NO2/c10-8-5-11-7-4-2-1-3-6(7)9-8/h1-3H,5H2,(H,9,10). The predicted molar refractivity (Wildman–Crippen MR) is 39.4 cm³/mol. The Kier molecular flexibility index (Phi) is 1.28. The highest BCUT2D eigenvalue weighted by atomic mass is 16.5. The van der Waals surface area contributed by atoms with E-state index in [1.165, 1.54) is 0 Å². The first-order valence-corrected chi connectivity index (χ1v) is 3.29. The van der Waals surface area contributed by atoms with Crippen LogP contribution in [0.3, 0.4) is 0 Å². The summed E-state index contributed by atoms with van der Waals surface area (Å²) in [6, 6.07) is 8.20. The van der Waals surface area contributed by atoms with Crippen molar-refractivity contribution in [2.24, 2.45) is 0 Å². The topological polar surface area (TPSA) is 38.3 Å². The minimum absolute atomic E-state index is 0.0908. The summed E-state index contributed by atoms with van der Waals surface area (Å²) in [6.45, 7) is 0.0908. The maximum atomic E-state index is 10.8. The second-order valence-corrected chi connectivity index (χ2v) is 2.25. The average molecular weight is 148 g/mol. The van der Waals surface area contributed by atoms with Gasteiger partial charge in [-0.2, -0.15) is 0 Å². The number of hydrogen-bond donors (Lipinski definition) is 1. The number of anilines is 1. The molecule has 0 spiro atoms. The van der Waals surface area contributed by atoms with Crippen molar-refractivity contribution in [2.45, 2.75) is 0 Å². The normalized spacial score (nSPS) is 14.7. The van der Waals surface area contributed by atoms with Gasteiger partial charge in [0.1, 0.15) is 0 Å². The Morgan fingerprint density at radius 3 is 3.45 bits per heavy atom. The fourth-order valence-corrected chi connectivity index (χ4v) is 0.963. The Hall–Kier alpha value is -1.51. The molecule has 1 aliphatic heterocycles. The van der Waals surface area contributed by atoms with E-state index in [4.69, 9.17) is 4.74 Å². The van der Waals surface area contributed by atoms with Crippen molar-refractivity contribution in [1.82, 2.24) is 0 Å². The molecule has 3 heteroatoms. The maximum Gasteiger partial charge on any atom is 0.262 e. The SMILES string of the molecule is O=C1COc2[c]cccc2N1. The lowest BCUT2D eigenvalue weighted by Crippen LogP contribution is -2.25. The summed E-state index contributed by atoms with van der Waals surface area (Å²) in [5.41, 5.74) is 0.698. The van der Waals surface area contributed by atoms with E-state index >= 15 is 0 Å². The van der Waals surface area contributed by atoms with Crippen LogP contribution in [0.1, 0.15) is 0 Å². The third-order valence-corrected chi connectivity index (χ3v) is 1.44. The van der Waals surface area contributed by atoms with Gasteiger partial charge in [0.2, 0.25) is 0 Å². The van der Waals surface area contributed by atoms with E-state index in [2.05, 4.69) is 11.4 Å². The summed E-state index contributed by atoms with van der Waals surface area (Å²) in [4.78, 5) is 10.8. The molecule has 1 heterocycles. The van der Waals surface area contributed by atoms with E-state index in [0.29, 0.717) is 11.4 Å². The number of amides is 1. The number of nitrogens with one attached hydrogen (secondary N) is 1. The van der Waals surface area contributed by atoms with Gasteiger partial charge in [-0.1, -0.05) is 12.1 Å². The number of benzene rings is 1. The van der Waals surface area contributed by atoms with E-state index in [9.17, 15) is 4.79 Å². The minimum Gasteiger partial charge on any atom is -0.481 e. The molecular weight excluding hydrogens is 142 g/mol. The van der Waals surface area contributed by atoms with Crippen molar-refractivity contribution >= 4 is 11.6 Å². The smallest absolute Gasteiger partial charge is 0.262 e. The van der Waals surface area contributed by atoms with Gasteiger partial charge in [-0.25, -0.2) is 0 Å². The molecule has 1 aromatic carbocycles. The molecule has 1 amide bonds. The highest BCUT2D eigenvalue weighted by molar-refractivity contribution is 5.95. The Balaban J connectivity index is 2.41. The van der Waals surface area contributed by atoms with Gasteiger partial charge in [0.15, 0.2) is 12.4 Å². The minimum atomic E-state index is -0.114. The Labute approximate surface area is 64.0 Å². The van der Waals surface area contributed by atoms with Gasteiger partial charge in [-0.05, 0) is 6.07 Å². The number of ether oxygens (including phenoxy) is 1. The fourth-order valence-electron chi connectivity index (χ4n) is 0.963. The number of carbonyl (C=O) groups excluding carboxylic acids is 1. The molecule has 0 aromatic heterocycles. The van der Waals surface area contributed by atoms with Crippen LogP contribution in [-0.4, -0.2) is 12.5 Å². The predicted octanol–water partition coefficient (Wildman–Crippen LogP) is 0.818. The highest BCUT2D eigenvalue weighted by Gasteiger charge is 2.13. The Morgan fingerprint density at radius 1 is 1.64 bits per heavy atom. The average Bonchev–Trinajstić information content (AvgIpc) is 2.04. The van der Waals surface area contributed by atoms with Crippen LogP contribution in [0.4, 0.5) is 5.69 Å². The number of fused-ring (bicyclic) bond motifs is 1. The second kappa shape index (κ2) is 2.27. The third kappa shape index (κ3) is 1.05. The van der Waals surface area contributed by atoms with E-state index in [1.54, 1.807) is 18.2 Å². The first kappa shape index (κ1) is 6.22. The maximum absolute atomic E-state index is 10.8. The summed E-state index contributed by atoms with van der Waals surface area (Å²) in [7, 11) is 0. The van der Waals surface area contributed by atoms with E-state index in [-0.39, 0.29) is 12.5 Å². The molecule has 0 fully saturated rings. The summed E-state index contributed by atoms with van der Waals surface area (Å²) in [5.74, 6) is 0.504. The van der Waals surface area contributed by atoms with Crippen LogP contribution >= 0.6 is 0 Å². The monoisotopic (exact) mass is 148 g/mol. The van der Waals surface area contributed by atoms with Crippen LogP contribution in [-0.2, 0) is 4.79 Å². The summed E-state index contributed by atoms with van der Waals surface area (Å²) in [5, 5.41) is 2.66. The molecule has 1 aromatic rings. The first-order chi connectivity index (χ1) is 5.36. The largest absolute Gasteiger partial charge is 0.481 e. The molecule has 0 aliphatic carbocycles. The van der Waals surface area contributed by atoms with Crippen molar-refractivity contribution in [2.75, 3.05) is 11.9 Å². The lowest BCUT2D eigenvalue weighted by Gasteiger charge is -2.16. The Morgan fingerprint density at radius 2 is 2.55 bits per heavy atom. The van der Waals surface area contributed by atoms with Crippen molar-refractivity contribution in [3.05, 3.63) is 24.3 Å². The number of rotatable bonds is 0. The van der Waals surface area contributed by atoms with Crippen LogP contribution in [0.25, 0.3) is 0 Å². The molecule has 1 radical (unpaired) electrons. The summed E-state index contributed by atoms with van der Waals surface area (Å²) < 4.78 is 5.07. The molecule has 2 rings (SSSR count). The van der Waals surface area contributed by atoms with Crippen molar-refractivity contribution < 1.29 is 9.53 Å². The van der Waals surface area contributed by atoms with Gasteiger partial charge in [0.25, 0.3) is 5.91 Å². The van der Waals surface area contributed by atoms with Crippen LogP contribution < -0.4 is 10.1 Å². The molecule has 1 aliphatic rings. The lowest BCUT2D eigenvalue weighted by molar-refractivity contribution is -0.118.